The Morgan fingerprint density at radius 2 is 2.05 bits per heavy atom. The van der Waals surface area contributed by atoms with Gasteiger partial charge in [0, 0.05) is 12.6 Å². The number of nitriles is 1. The molecule has 1 fully saturated rings. The van der Waals surface area contributed by atoms with E-state index in [-0.39, 0.29) is 6.04 Å². The van der Waals surface area contributed by atoms with Gasteiger partial charge in [-0.05, 0) is 38.2 Å². The molecule has 1 heterocycles. The second-order valence-corrected chi connectivity index (χ2v) is 5.28. The Balaban J connectivity index is 2.22. The summed E-state index contributed by atoms with van der Waals surface area (Å²) in [6.45, 7) is 4.33. The average Bonchev–Trinajstić information content (AvgIpc) is 2.94. The summed E-state index contributed by atoms with van der Waals surface area (Å²) in [5.74, 6) is 1.16. The van der Waals surface area contributed by atoms with Gasteiger partial charge in [-0.1, -0.05) is 12.8 Å². The van der Waals surface area contributed by atoms with Gasteiger partial charge in [0.1, 0.15) is 11.6 Å². The molecule has 1 aliphatic carbocycles. The molecule has 5 nitrogen and oxygen atoms in total. The topological polar surface area (TPSA) is 87.6 Å². The molecule has 0 bridgehead atoms. The minimum absolute atomic E-state index is 0.186. The van der Waals surface area contributed by atoms with Crippen LogP contribution < -0.4 is 11.1 Å². The van der Waals surface area contributed by atoms with E-state index in [0.717, 1.165) is 11.3 Å². The molecule has 5 heteroatoms. The fourth-order valence-electron chi connectivity index (χ4n) is 2.75. The minimum Gasteiger partial charge on any atom is -0.363 e. The van der Waals surface area contributed by atoms with Crippen LogP contribution in [0, 0.1) is 31.1 Å². The summed E-state index contributed by atoms with van der Waals surface area (Å²) in [4.78, 5) is 0. The van der Waals surface area contributed by atoms with Crippen LogP contribution >= 0.6 is 0 Å². The molecule has 1 aromatic heterocycles. The highest BCUT2D eigenvalue weighted by Crippen LogP contribution is 2.29. The van der Waals surface area contributed by atoms with Gasteiger partial charge < -0.3 is 11.1 Å². The molecule has 0 saturated heterocycles. The van der Waals surface area contributed by atoms with E-state index in [2.05, 4.69) is 21.6 Å². The number of rotatable bonds is 4. The second-order valence-electron chi connectivity index (χ2n) is 5.28. The van der Waals surface area contributed by atoms with E-state index < -0.39 is 0 Å². The molecule has 0 aliphatic heterocycles. The maximum atomic E-state index is 9.29. The lowest BCUT2D eigenvalue weighted by Gasteiger charge is -2.24. The number of hydrogen-bond acceptors (Lipinski definition) is 5. The number of anilines is 1. The fourth-order valence-corrected chi connectivity index (χ4v) is 2.75. The number of nitrogens with two attached hydrogens (primary N) is 1. The Hall–Kier alpha value is -1.67. The summed E-state index contributed by atoms with van der Waals surface area (Å²) in [7, 11) is 0. The van der Waals surface area contributed by atoms with Crippen LogP contribution in [0.3, 0.4) is 0 Å². The molecule has 1 unspecified atom stereocenters. The Morgan fingerprint density at radius 3 is 2.63 bits per heavy atom. The van der Waals surface area contributed by atoms with Crippen molar-refractivity contribution in [2.75, 3.05) is 11.9 Å². The van der Waals surface area contributed by atoms with Crippen molar-refractivity contribution in [2.45, 2.75) is 45.6 Å². The van der Waals surface area contributed by atoms with Gasteiger partial charge in [0.15, 0.2) is 5.82 Å². The molecular formula is C14H21N5. The Morgan fingerprint density at radius 1 is 1.37 bits per heavy atom. The molecule has 1 atom stereocenters. The van der Waals surface area contributed by atoms with Crippen LogP contribution in [0.4, 0.5) is 5.82 Å². The molecule has 1 saturated carbocycles. The number of aryl methyl sites for hydroxylation is 1. The van der Waals surface area contributed by atoms with Gasteiger partial charge in [-0.15, -0.1) is 5.10 Å². The van der Waals surface area contributed by atoms with E-state index in [9.17, 15) is 5.26 Å². The van der Waals surface area contributed by atoms with E-state index in [1.54, 1.807) is 0 Å². The Labute approximate surface area is 114 Å². The molecule has 0 radical (unpaired) electrons. The van der Waals surface area contributed by atoms with Crippen LogP contribution in [0.15, 0.2) is 0 Å². The highest BCUT2D eigenvalue weighted by atomic mass is 15.2. The molecule has 19 heavy (non-hydrogen) atoms. The number of nitrogens with zero attached hydrogens (tertiary/aromatic N) is 3. The third kappa shape index (κ3) is 2.85. The summed E-state index contributed by atoms with van der Waals surface area (Å²) in [5, 5.41) is 20.8. The smallest absolute Gasteiger partial charge is 0.167 e. The first-order chi connectivity index (χ1) is 9.17. The first-order valence-electron chi connectivity index (χ1n) is 6.88. The summed E-state index contributed by atoms with van der Waals surface area (Å²) in [5.41, 5.74) is 8.14. The second kappa shape index (κ2) is 5.98. The van der Waals surface area contributed by atoms with Gasteiger partial charge in [-0.3, -0.25) is 0 Å². The normalized spacial score (nSPS) is 17.2. The van der Waals surface area contributed by atoms with E-state index in [1.807, 2.05) is 13.8 Å². The molecular weight excluding hydrogens is 238 g/mol. The van der Waals surface area contributed by atoms with Gasteiger partial charge in [0.05, 0.1) is 5.69 Å². The van der Waals surface area contributed by atoms with Gasteiger partial charge in [-0.2, -0.15) is 10.4 Å². The molecule has 102 valence electrons. The van der Waals surface area contributed by atoms with Crippen LogP contribution in [-0.4, -0.2) is 22.8 Å². The van der Waals surface area contributed by atoms with Crippen molar-refractivity contribution in [2.24, 2.45) is 11.7 Å². The maximum Gasteiger partial charge on any atom is 0.167 e. The van der Waals surface area contributed by atoms with E-state index >= 15 is 0 Å². The predicted molar refractivity (Wildman–Crippen MR) is 74.6 cm³/mol. The van der Waals surface area contributed by atoms with Crippen LogP contribution in [0.2, 0.25) is 0 Å². The lowest BCUT2D eigenvalue weighted by Crippen LogP contribution is -2.36. The van der Waals surface area contributed by atoms with Crippen molar-refractivity contribution in [3.63, 3.8) is 0 Å². The van der Waals surface area contributed by atoms with E-state index in [1.165, 1.54) is 25.7 Å². The molecule has 0 amide bonds. The zero-order valence-corrected chi connectivity index (χ0v) is 11.6. The summed E-state index contributed by atoms with van der Waals surface area (Å²) in [6, 6.07) is 2.41. The molecule has 3 N–H and O–H groups in total. The number of aromatic nitrogens is 2. The number of hydrogen-bond donors (Lipinski definition) is 2. The van der Waals surface area contributed by atoms with Gasteiger partial charge in [0.2, 0.25) is 0 Å². The summed E-state index contributed by atoms with van der Waals surface area (Å²) < 4.78 is 0. The van der Waals surface area contributed by atoms with E-state index in [0.29, 0.717) is 23.8 Å². The maximum absolute atomic E-state index is 9.29. The van der Waals surface area contributed by atoms with Gasteiger partial charge in [-0.25, -0.2) is 0 Å². The molecule has 0 spiro atoms. The highest BCUT2D eigenvalue weighted by molar-refractivity contribution is 5.56. The van der Waals surface area contributed by atoms with Crippen molar-refractivity contribution in [3.8, 4) is 6.07 Å². The lowest BCUT2D eigenvalue weighted by molar-refractivity contribution is 0.460. The molecule has 2 rings (SSSR count). The van der Waals surface area contributed by atoms with Crippen LogP contribution in [0.1, 0.15) is 42.5 Å². The molecule has 1 aromatic rings. The van der Waals surface area contributed by atoms with Crippen molar-refractivity contribution in [3.05, 3.63) is 16.8 Å². The molecule has 0 aromatic carbocycles. The lowest BCUT2D eigenvalue weighted by atomic mass is 9.98. The summed E-state index contributed by atoms with van der Waals surface area (Å²) >= 11 is 0. The zero-order valence-electron chi connectivity index (χ0n) is 11.6. The largest absolute Gasteiger partial charge is 0.363 e. The minimum atomic E-state index is 0.186. The monoisotopic (exact) mass is 259 g/mol. The van der Waals surface area contributed by atoms with Crippen molar-refractivity contribution >= 4 is 5.82 Å². The predicted octanol–water partition coefficient (Wildman–Crippen LogP) is 1.89. The van der Waals surface area contributed by atoms with Crippen LogP contribution in [0.5, 0.6) is 0 Å². The quantitative estimate of drug-likeness (QED) is 0.862. The third-order valence-electron chi connectivity index (χ3n) is 4.11. The summed E-state index contributed by atoms with van der Waals surface area (Å²) in [6.07, 6.45) is 4.95. The first-order valence-corrected chi connectivity index (χ1v) is 6.88. The van der Waals surface area contributed by atoms with Crippen molar-refractivity contribution in [1.82, 2.24) is 10.2 Å². The van der Waals surface area contributed by atoms with Crippen LogP contribution in [-0.2, 0) is 0 Å². The molecule has 1 aliphatic rings. The van der Waals surface area contributed by atoms with Gasteiger partial charge >= 0.3 is 0 Å². The Kier molecular flexibility index (Phi) is 4.33. The standard InChI is InChI=1S/C14H21N5/c1-9-10(2)18-19-14(12(9)7-15)17-13(8-16)11-5-3-4-6-11/h11,13H,3-6,8,16H2,1-2H3,(H,17,19). The first kappa shape index (κ1) is 13.8. The average molecular weight is 259 g/mol. The third-order valence-corrected chi connectivity index (χ3v) is 4.11. The number of nitrogens with one attached hydrogen (secondary N) is 1. The van der Waals surface area contributed by atoms with Crippen molar-refractivity contribution < 1.29 is 0 Å². The Bertz CT molecular complexity index is 485. The SMILES string of the molecule is Cc1nnc(NC(CN)C2CCCC2)c(C#N)c1C. The van der Waals surface area contributed by atoms with Gasteiger partial charge in [0.25, 0.3) is 0 Å². The van der Waals surface area contributed by atoms with E-state index in [4.69, 9.17) is 5.73 Å². The highest BCUT2D eigenvalue weighted by Gasteiger charge is 2.25. The zero-order chi connectivity index (χ0) is 13.8. The van der Waals surface area contributed by atoms with Crippen LogP contribution in [0.25, 0.3) is 0 Å². The fraction of sp³-hybridized carbons (Fsp3) is 0.643. The van der Waals surface area contributed by atoms with Crippen molar-refractivity contribution in [1.29, 1.82) is 5.26 Å².